The van der Waals surface area contributed by atoms with Crippen molar-refractivity contribution in [2.75, 3.05) is 25.0 Å². The maximum atomic E-state index is 12.7. The fraction of sp³-hybridized carbons (Fsp3) is 0.682. The molecule has 0 N–H and O–H groups in total. The van der Waals surface area contributed by atoms with E-state index in [4.69, 9.17) is 0 Å². The lowest BCUT2D eigenvalue weighted by Crippen LogP contribution is -2.46. The van der Waals surface area contributed by atoms with Crippen molar-refractivity contribution >= 4 is 11.6 Å². The van der Waals surface area contributed by atoms with E-state index in [2.05, 4.69) is 77.8 Å². The molecule has 3 heteroatoms. The van der Waals surface area contributed by atoms with Crippen molar-refractivity contribution in [2.45, 2.75) is 72.8 Å². The standard InChI is InChI=1S/C22H38N2O/c1-8-9-11-21(25)24(20-14-12-19(4)13-15-20)17-10-16-23(7)22(5,6)18(2)3/h12-15,18H,8-11,16-17H2,1-7H3. The Bertz CT molecular complexity index is 519. The second-order valence-electron chi connectivity index (χ2n) is 8.07. The topological polar surface area (TPSA) is 23.6 Å². The molecule has 1 amide bonds. The van der Waals surface area contributed by atoms with Gasteiger partial charge in [-0.3, -0.25) is 4.79 Å². The quantitative estimate of drug-likeness (QED) is 0.576. The first-order valence-electron chi connectivity index (χ1n) is 9.78. The number of unbranched alkanes of at least 4 members (excludes halogenated alkanes) is 1. The molecule has 0 aliphatic heterocycles. The molecule has 0 aromatic heterocycles. The van der Waals surface area contributed by atoms with Crippen LogP contribution in [0.1, 0.15) is 65.9 Å². The largest absolute Gasteiger partial charge is 0.312 e. The molecular weight excluding hydrogens is 308 g/mol. The third kappa shape index (κ3) is 6.47. The Balaban J connectivity index is 2.74. The Kier molecular flexibility index (Phi) is 8.64. The van der Waals surface area contributed by atoms with Gasteiger partial charge in [-0.2, -0.15) is 0 Å². The van der Waals surface area contributed by atoms with Gasteiger partial charge in [0.05, 0.1) is 0 Å². The van der Waals surface area contributed by atoms with Gasteiger partial charge in [-0.25, -0.2) is 0 Å². The first-order chi connectivity index (χ1) is 11.7. The number of benzene rings is 1. The zero-order valence-electron chi connectivity index (χ0n) is 17.4. The van der Waals surface area contributed by atoms with Gasteiger partial charge < -0.3 is 9.80 Å². The molecule has 1 rings (SSSR count). The van der Waals surface area contributed by atoms with E-state index in [1.807, 2.05) is 4.90 Å². The lowest BCUT2D eigenvalue weighted by molar-refractivity contribution is -0.118. The van der Waals surface area contributed by atoms with E-state index < -0.39 is 0 Å². The highest BCUT2D eigenvalue weighted by Crippen LogP contribution is 2.23. The highest BCUT2D eigenvalue weighted by molar-refractivity contribution is 5.93. The molecule has 142 valence electrons. The first-order valence-corrected chi connectivity index (χ1v) is 9.78. The summed E-state index contributed by atoms with van der Waals surface area (Å²) in [5.74, 6) is 0.841. The molecule has 25 heavy (non-hydrogen) atoms. The number of rotatable bonds is 10. The Labute approximate surface area is 155 Å². The van der Waals surface area contributed by atoms with Crippen LogP contribution < -0.4 is 4.90 Å². The van der Waals surface area contributed by atoms with Crippen LogP contribution in [0.2, 0.25) is 0 Å². The molecule has 0 fully saturated rings. The van der Waals surface area contributed by atoms with Crippen molar-refractivity contribution in [3.05, 3.63) is 29.8 Å². The van der Waals surface area contributed by atoms with Crippen molar-refractivity contribution in [3.63, 3.8) is 0 Å². The van der Waals surface area contributed by atoms with Gasteiger partial charge in [0.1, 0.15) is 0 Å². The van der Waals surface area contributed by atoms with Gasteiger partial charge in [-0.05, 0) is 58.7 Å². The molecule has 0 saturated heterocycles. The van der Waals surface area contributed by atoms with Gasteiger partial charge in [-0.15, -0.1) is 0 Å². The summed E-state index contributed by atoms with van der Waals surface area (Å²) in [5, 5.41) is 0. The molecule has 3 nitrogen and oxygen atoms in total. The van der Waals surface area contributed by atoms with Crippen molar-refractivity contribution in [3.8, 4) is 0 Å². The smallest absolute Gasteiger partial charge is 0.226 e. The van der Waals surface area contributed by atoms with Gasteiger partial charge in [0.2, 0.25) is 5.91 Å². The van der Waals surface area contributed by atoms with Crippen LogP contribution >= 0.6 is 0 Å². The number of aryl methyl sites for hydroxylation is 1. The lowest BCUT2D eigenvalue weighted by Gasteiger charge is -2.39. The molecule has 0 spiro atoms. The Morgan fingerprint density at radius 3 is 2.20 bits per heavy atom. The summed E-state index contributed by atoms with van der Waals surface area (Å²) in [4.78, 5) is 17.1. The van der Waals surface area contributed by atoms with Gasteiger partial charge in [0, 0.05) is 30.7 Å². The Hall–Kier alpha value is -1.35. The van der Waals surface area contributed by atoms with E-state index in [-0.39, 0.29) is 11.4 Å². The number of amides is 1. The molecule has 1 aromatic rings. The van der Waals surface area contributed by atoms with Crippen LogP contribution in [0.25, 0.3) is 0 Å². The number of hydrogen-bond donors (Lipinski definition) is 0. The number of nitrogens with zero attached hydrogens (tertiary/aromatic N) is 2. The maximum absolute atomic E-state index is 12.7. The van der Waals surface area contributed by atoms with Crippen LogP contribution in [0.4, 0.5) is 5.69 Å². The minimum atomic E-state index is 0.168. The van der Waals surface area contributed by atoms with Crippen LogP contribution in [0, 0.1) is 12.8 Å². The molecule has 0 aliphatic rings. The lowest BCUT2D eigenvalue weighted by atomic mass is 9.89. The summed E-state index contributed by atoms with van der Waals surface area (Å²) < 4.78 is 0. The zero-order valence-corrected chi connectivity index (χ0v) is 17.4. The van der Waals surface area contributed by atoms with Gasteiger partial charge in [0.15, 0.2) is 0 Å². The van der Waals surface area contributed by atoms with Crippen molar-refractivity contribution in [2.24, 2.45) is 5.92 Å². The van der Waals surface area contributed by atoms with Crippen LogP contribution in [-0.2, 0) is 4.79 Å². The van der Waals surface area contributed by atoms with E-state index in [9.17, 15) is 4.79 Å². The minimum absolute atomic E-state index is 0.168. The molecule has 0 bridgehead atoms. The minimum Gasteiger partial charge on any atom is -0.312 e. The van der Waals surface area contributed by atoms with Crippen LogP contribution in [-0.4, -0.2) is 36.5 Å². The summed E-state index contributed by atoms with van der Waals surface area (Å²) in [6.45, 7) is 15.1. The summed E-state index contributed by atoms with van der Waals surface area (Å²) in [7, 11) is 2.19. The zero-order chi connectivity index (χ0) is 19.0. The van der Waals surface area contributed by atoms with Crippen LogP contribution in [0.15, 0.2) is 24.3 Å². The predicted molar refractivity (Wildman–Crippen MR) is 109 cm³/mol. The van der Waals surface area contributed by atoms with E-state index >= 15 is 0 Å². The summed E-state index contributed by atoms with van der Waals surface area (Å²) in [6, 6.07) is 8.31. The molecule has 1 aromatic carbocycles. The van der Waals surface area contributed by atoms with Crippen LogP contribution in [0.5, 0.6) is 0 Å². The third-order valence-electron chi connectivity index (χ3n) is 5.66. The average molecular weight is 347 g/mol. The number of carbonyl (C=O) groups is 1. The second-order valence-corrected chi connectivity index (χ2v) is 8.07. The molecule has 0 unspecified atom stereocenters. The highest BCUT2D eigenvalue weighted by atomic mass is 16.2. The maximum Gasteiger partial charge on any atom is 0.226 e. The van der Waals surface area contributed by atoms with Gasteiger partial charge >= 0.3 is 0 Å². The van der Waals surface area contributed by atoms with E-state index in [0.717, 1.165) is 38.0 Å². The molecular formula is C22H38N2O. The molecule has 0 atom stereocenters. The third-order valence-corrected chi connectivity index (χ3v) is 5.66. The highest BCUT2D eigenvalue weighted by Gasteiger charge is 2.27. The molecule has 0 aliphatic carbocycles. The van der Waals surface area contributed by atoms with E-state index in [1.54, 1.807) is 0 Å². The van der Waals surface area contributed by atoms with Crippen molar-refractivity contribution < 1.29 is 4.79 Å². The Morgan fingerprint density at radius 2 is 1.68 bits per heavy atom. The van der Waals surface area contributed by atoms with Crippen LogP contribution in [0.3, 0.4) is 0 Å². The fourth-order valence-corrected chi connectivity index (χ4v) is 2.78. The summed E-state index contributed by atoms with van der Waals surface area (Å²) in [5.41, 5.74) is 2.42. The number of hydrogen-bond acceptors (Lipinski definition) is 2. The SMILES string of the molecule is CCCCC(=O)N(CCCN(C)C(C)(C)C(C)C)c1ccc(C)cc1. The summed E-state index contributed by atoms with van der Waals surface area (Å²) in [6.07, 6.45) is 3.64. The van der Waals surface area contributed by atoms with Gasteiger partial charge in [-0.1, -0.05) is 44.9 Å². The van der Waals surface area contributed by atoms with E-state index in [0.29, 0.717) is 12.3 Å². The molecule has 0 saturated carbocycles. The van der Waals surface area contributed by atoms with Crippen molar-refractivity contribution in [1.82, 2.24) is 4.90 Å². The normalized spacial score (nSPS) is 12.0. The average Bonchev–Trinajstić information content (AvgIpc) is 2.57. The number of anilines is 1. The summed E-state index contributed by atoms with van der Waals surface area (Å²) >= 11 is 0. The van der Waals surface area contributed by atoms with Gasteiger partial charge in [0.25, 0.3) is 0 Å². The fourth-order valence-electron chi connectivity index (χ4n) is 2.78. The molecule has 0 heterocycles. The predicted octanol–water partition coefficient (Wildman–Crippen LogP) is 5.27. The van der Waals surface area contributed by atoms with E-state index in [1.165, 1.54) is 5.56 Å². The monoisotopic (exact) mass is 346 g/mol. The number of carbonyl (C=O) groups excluding carboxylic acids is 1. The van der Waals surface area contributed by atoms with Crippen molar-refractivity contribution in [1.29, 1.82) is 0 Å². The first kappa shape index (κ1) is 21.7. The Morgan fingerprint density at radius 1 is 1.08 bits per heavy atom. The molecule has 0 radical (unpaired) electrons. The second kappa shape index (κ2) is 9.96.